The predicted octanol–water partition coefficient (Wildman–Crippen LogP) is 1.35. The van der Waals surface area contributed by atoms with E-state index in [2.05, 4.69) is 4.98 Å². The maximum atomic E-state index is 5.32. The molecule has 0 aliphatic heterocycles. The number of nitrogens with two attached hydrogens (primary N) is 1. The Bertz CT molecular complexity index is 160. The number of rotatable bonds is 1. The van der Waals surface area contributed by atoms with E-state index in [1.165, 1.54) is 0 Å². The molecule has 0 atom stereocenters. The van der Waals surface area contributed by atoms with Crippen molar-refractivity contribution in [1.29, 1.82) is 0 Å². The van der Waals surface area contributed by atoms with Gasteiger partial charge in [-0.1, -0.05) is 0 Å². The van der Waals surface area contributed by atoms with E-state index >= 15 is 0 Å². The number of hydrogen-bond donors (Lipinski definition) is 6. The van der Waals surface area contributed by atoms with Crippen LogP contribution in [0.1, 0.15) is 5.56 Å². The van der Waals surface area contributed by atoms with Gasteiger partial charge in [0.2, 0.25) is 0 Å². The summed E-state index contributed by atoms with van der Waals surface area (Å²) < 4.78 is 0. The first-order valence-corrected chi connectivity index (χ1v) is 2.52. The van der Waals surface area contributed by atoms with Crippen molar-refractivity contribution >= 4 is 0 Å². The molecule has 0 bridgehead atoms. The van der Waals surface area contributed by atoms with Crippen LogP contribution in [0, 0.1) is 0 Å². The van der Waals surface area contributed by atoms with Gasteiger partial charge in [0.1, 0.15) is 0 Å². The van der Waals surface area contributed by atoms with Crippen LogP contribution in [-0.4, -0.2) is 4.98 Å². The first-order chi connectivity index (χ1) is 3.93. The van der Waals surface area contributed by atoms with Crippen LogP contribution in [0.25, 0.3) is 0 Å². The van der Waals surface area contributed by atoms with Gasteiger partial charge >= 0.3 is 0 Å². The second-order valence-corrected chi connectivity index (χ2v) is 1.56. The Kier molecular flexibility index (Phi) is 61.3. The molecule has 0 aliphatic rings. The van der Waals surface area contributed by atoms with Crippen LogP contribution >= 0.6 is 0 Å². The van der Waals surface area contributed by atoms with Crippen LogP contribution in [0.2, 0.25) is 0 Å². The van der Waals surface area contributed by atoms with Crippen molar-refractivity contribution in [2.24, 2.45) is 5.73 Å². The van der Waals surface area contributed by atoms with E-state index in [-0.39, 0.29) is 50.2 Å². The number of nitrogens with zero attached hydrogens (tertiary/aromatic N) is 1. The van der Waals surface area contributed by atoms with E-state index in [4.69, 9.17) is 5.73 Å². The van der Waals surface area contributed by atoms with Gasteiger partial charge in [-0.2, -0.15) is 0 Å². The zero-order chi connectivity index (χ0) is 5.82. The smallest absolute Gasteiger partial charge is 0.0271 e. The molecule has 0 saturated carbocycles. The Labute approximate surface area is 97.9 Å². The first-order valence-electron chi connectivity index (χ1n) is 2.52. The van der Waals surface area contributed by atoms with Crippen LogP contribution in [0.4, 0.5) is 0 Å². The molecule has 0 fully saturated rings. The fourth-order valence-corrected chi connectivity index (χ4v) is 0.519. The fraction of sp³-hybridized carbons (Fsp3) is 0.167. The van der Waals surface area contributed by atoms with Gasteiger partial charge in [-0.3, -0.25) is 4.98 Å². The van der Waals surface area contributed by atoms with E-state index < -0.39 is 0 Å². The zero-order valence-electron chi connectivity index (χ0n) is 8.43. The third kappa shape index (κ3) is 14.1. The fourth-order valence-electron chi connectivity index (χ4n) is 0.519. The Balaban J connectivity index is -0.0000000267. The van der Waals surface area contributed by atoms with Gasteiger partial charge in [0, 0.05) is 38.4 Å². The third-order valence-electron chi connectivity index (χ3n) is 0.985. The van der Waals surface area contributed by atoms with Gasteiger partial charge in [0.05, 0.1) is 0 Å². The molecule has 1 rings (SSSR count). The van der Waals surface area contributed by atoms with Gasteiger partial charge in [0.25, 0.3) is 0 Å². The summed E-state index contributed by atoms with van der Waals surface area (Å²) in [6, 6.07) is 3.81. The summed E-state index contributed by atoms with van der Waals surface area (Å²) in [5.41, 5.74) is 6.45. The topological polar surface area (TPSA) is 214 Å². The van der Waals surface area contributed by atoms with Gasteiger partial charge in [-0.05, 0) is 17.7 Å². The van der Waals surface area contributed by atoms with E-state index in [0.29, 0.717) is 6.54 Å². The average molecular weight is 294 g/mol. The summed E-state index contributed by atoms with van der Waals surface area (Å²) in [7, 11) is 0. The summed E-state index contributed by atoms with van der Waals surface area (Å²) in [6.45, 7) is 0.600. The van der Waals surface area contributed by atoms with E-state index in [9.17, 15) is 0 Å². The second kappa shape index (κ2) is 22.9. The molecule has 90 valence electrons. The molecule has 0 spiro atoms. The summed E-state index contributed by atoms with van der Waals surface area (Å²) >= 11 is 0. The minimum Gasteiger partial charge on any atom is -0.344 e. The minimum absolute atomic E-state index is 0. The molecule has 0 unspecified atom stereocenters. The van der Waals surface area contributed by atoms with Crippen LogP contribution in [-0.2, 0) is 26.0 Å². The number of hydrogen-bond acceptors (Lipinski definition) is 7. The SMILES string of the molecule is N.N.N.N.N.NCc1ccncc1.[Ru]. The van der Waals surface area contributed by atoms with Gasteiger partial charge in [0.15, 0.2) is 0 Å². The van der Waals surface area contributed by atoms with Crippen molar-refractivity contribution in [2.45, 2.75) is 6.54 Å². The standard InChI is InChI=1S/C6H8N2.5H3N.Ru/c7-5-6-1-3-8-4-2-6;;;;;;/h1-4H,5,7H2;5*1H3;. The third-order valence-corrected chi connectivity index (χ3v) is 0.985. The van der Waals surface area contributed by atoms with Crippen LogP contribution < -0.4 is 36.5 Å². The molecule has 17 N–H and O–H groups in total. The maximum absolute atomic E-state index is 5.32. The molecule has 0 aromatic carbocycles. The monoisotopic (exact) mass is 295 g/mol. The van der Waals surface area contributed by atoms with Crippen LogP contribution in [0.5, 0.6) is 0 Å². The summed E-state index contributed by atoms with van der Waals surface area (Å²) in [5.74, 6) is 0. The molecule has 0 saturated heterocycles. The number of aromatic nitrogens is 1. The molecule has 0 radical (unpaired) electrons. The molecule has 8 heteroatoms. The summed E-state index contributed by atoms with van der Waals surface area (Å²) in [5, 5.41) is 0. The van der Waals surface area contributed by atoms with Crippen molar-refractivity contribution < 1.29 is 19.5 Å². The summed E-state index contributed by atoms with van der Waals surface area (Å²) in [4.78, 5) is 3.84. The molecule has 0 amide bonds. The predicted molar refractivity (Wildman–Crippen MR) is 57.2 cm³/mol. The molecule has 1 aromatic heterocycles. The van der Waals surface area contributed by atoms with Crippen molar-refractivity contribution in [3.05, 3.63) is 30.1 Å². The normalized spacial score (nSPS) is 5.21. The van der Waals surface area contributed by atoms with Crippen LogP contribution in [0.15, 0.2) is 24.5 Å². The van der Waals surface area contributed by atoms with Crippen molar-refractivity contribution in [1.82, 2.24) is 35.7 Å². The second-order valence-electron chi connectivity index (χ2n) is 1.56. The van der Waals surface area contributed by atoms with Crippen molar-refractivity contribution in [2.75, 3.05) is 0 Å². The Hall–Kier alpha value is -0.467. The van der Waals surface area contributed by atoms with Crippen molar-refractivity contribution in [3.63, 3.8) is 0 Å². The van der Waals surface area contributed by atoms with Gasteiger partial charge in [-0.15, -0.1) is 0 Å². The van der Waals surface area contributed by atoms with E-state index in [1.807, 2.05) is 12.1 Å². The first kappa shape index (κ1) is 37.5. The van der Waals surface area contributed by atoms with Gasteiger partial charge < -0.3 is 36.5 Å². The van der Waals surface area contributed by atoms with E-state index in [1.54, 1.807) is 12.4 Å². The molecular formula is C6H23N7Ru. The molecule has 1 heterocycles. The molecule has 1 aromatic rings. The molecular weight excluding hydrogens is 271 g/mol. The quantitative estimate of drug-likeness (QED) is 0.417. The molecule has 7 nitrogen and oxygen atoms in total. The zero-order valence-corrected chi connectivity index (χ0v) is 10.2. The summed E-state index contributed by atoms with van der Waals surface area (Å²) in [6.07, 6.45) is 3.48. The Morgan fingerprint density at radius 3 is 1.50 bits per heavy atom. The van der Waals surface area contributed by atoms with Gasteiger partial charge in [-0.25, -0.2) is 0 Å². The average Bonchev–Trinajstić information content (AvgIpc) is 1.90. The molecule has 14 heavy (non-hydrogen) atoms. The van der Waals surface area contributed by atoms with Crippen molar-refractivity contribution in [3.8, 4) is 0 Å². The molecule has 0 aliphatic carbocycles. The Morgan fingerprint density at radius 2 is 1.29 bits per heavy atom. The largest absolute Gasteiger partial charge is 0.344 e. The van der Waals surface area contributed by atoms with E-state index in [0.717, 1.165) is 5.56 Å². The maximum Gasteiger partial charge on any atom is 0.0271 e. The number of pyridine rings is 1. The minimum atomic E-state index is 0. The van der Waals surface area contributed by atoms with Crippen LogP contribution in [0.3, 0.4) is 0 Å². The Morgan fingerprint density at radius 1 is 0.929 bits per heavy atom.